The number of rotatable bonds is 4. The Morgan fingerprint density at radius 3 is 2.16 bits per heavy atom. The second-order valence-corrected chi connectivity index (χ2v) is 5.91. The molecule has 0 heterocycles. The highest BCUT2D eigenvalue weighted by Crippen LogP contribution is 2.32. The molecule has 0 aromatic heterocycles. The van der Waals surface area contributed by atoms with E-state index >= 15 is 0 Å². The van der Waals surface area contributed by atoms with Crippen LogP contribution in [0.25, 0.3) is 0 Å². The Hall–Kier alpha value is -0.800. The number of hydrogen-bond acceptors (Lipinski definition) is 1. The number of halogens is 2. The molecule has 0 aliphatic carbocycles. The number of benzene rings is 2. The zero-order valence-corrected chi connectivity index (χ0v) is 14.3. The molecule has 0 aliphatic rings. The van der Waals surface area contributed by atoms with Crippen LogP contribution in [0.1, 0.15) is 18.1 Å². The van der Waals surface area contributed by atoms with Crippen molar-refractivity contribution in [2.24, 2.45) is 0 Å². The molecular weight excluding hydrogens is 366 g/mol. The third-order valence-corrected chi connectivity index (χ3v) is 4.54. The van der Waals surface area contributed by atoms with E-state index in [9.17, 15) is 0 Å². The highest BCUT2D eigenvalue weighted by molar-refractivity contribution is 9.10. The Morgan fingerprint density at radius 1 is 1.00 bits per heavy atom. The lowest BCUT2D eigenvalue weighted by molar-refractivity contribution is 1.13. The van der Waals surface area contributed by atoms with Crippen molar-refractivity contribution in [1.29, 1.82) is 0 Å². The first-order valence-electron chi connectivity index (χ1n) is 6.32. The van der Waals surface area contributed by atoms with Gasteiger partial charge < -0.3 is 4.90 Å². The molecule has 0 saturated carbocycles. The normalized spacial score (nSPS) is 10.5. The van der Waals surface area contributed by atoms with Crippen molar-refractivity contribution in [3.05, 3.63) is 58.1 Å². The highest BCUT2D eigenvalue weighted by Gasteiger charge is 2.08. The Kier molecular flexibility index (Phi) is 5.06. The maximum absolute atomic E-state index is 3.65. The Bertz CT molecular complexity index is 549. The van der Waals surface area contributed by atoms with E-state index in [0.717, 1.165) is 16.2 Å². The van der Waals surface area contributed by atoms with E-state index in [-0.39, 0.29) is 0 Å². The second-order valence-electron chi connectivity index (χ2n) is 4.50. The van der Waals surface area contributed by atoms with E-state index in [1.165, 1.54) is 22.5 Å². The van der Waals surface area contributed by atoms with Gasteiger partial charge in [-0.05, 0) is 57.7 Å². The molecular formula is C16H17Br2N. The predicted molar refractivity (Wildman–Crippen MR) is 90.7 cm³/mol. The van der Waals surface area contributed by atoms with Crippen molar-refractivity contribution in [2.45, 2.75) is 18.7 Å². The smallest absolute Gasteiger partial charge is 0.0552 e. The van der Waals surface area contributed by atoms with Crippen LogP contribution in [0.2, 0.25) is 0 Å². The number of hydrogen-bond donors (Lipinski definition) is 0. The molecule has 0 radical (unpaired) electrons. The van der Waals surface area contributed by atoms with Crippen LogP contribution in [0.5, 0.6) is 0 Å². The van der Waals surface area contributed by atoms with Gasteiger partial charge in [-0.1, -0.05) is 41.1 Å². The molecule has 0 unspecified atom stereocenters. The Labute approximate surface area is 131 Å². The van der Waals surface area contributed by atoms with Crippen molar-refractivity contribution in [1.82, 2.24) is 0 Å². The van der Waals surface area contributed by atoms with Gasteiger partial charge in [-0.15, -0.1) is 0 Å². The van der Waals surface area contributed by atoms with Crippen LogP contribution in [0.3, 0.4) is 0 Å². The lowest BCUT2D eigenvalue weighted by atomic mass is 10.1. The molecule has 0 N–H and O–H groups in total. The summed E-state index contributed by atoms with van der Waals surface area (Å²) < 4.78 is 1.12. The molecule has 0 aliphatic heterocycles. The van der Waals surface area contributed by atoms with Gasteiger partial charge in [0.15, 0.2) is 0 Å². The summed E-state index contributed by atoms with van der Waals surface area (Å²) in [4.78, 5) is 2.20. The topological polar surface area (TPSA) is 3.24 Å². The molecule has 0 bridgehead atoms. The average molecular weight is 383 g/mol. The maximum atomic E-state index is 3.65. The molecule has 0 spiro atoms. The van der Waals surface area contributed by atoms with Crippen molar-refractivity contribution < 1.29 is 0 Å². The lowest BCUT2D eigenvalue weighted by Crippen LogP contribution is -2.10. The summed E-state index contributed by atoms with van der Waals surface area (Å²) in [6.45, 7) is 2.17. The van der Waals surface area contributed by atoms with Gasteiger partial charge in [-0.2, -0.15) is 0 Å². The van der Waals surface area contributed by atoms with Crippen LogP contribution in [0.15, 0.2) is 46.9 Å². The van der Waals surface area contributed by atoms with Crippen molar-refractivity contribution >= 4 is 43.2 Å². The molecule has 0 saturated heterocycles. The first-order valence-corrected chi connectivity index (χ1v) is 8.24. The van der Waals surface area contributed by atoms with Crippen LogP contribution in [-0.4, -0.2) is 7.05 Å². The van der Waals surface area contributed by atoms with Gasteiger partial charge >= 0.3 is 0 Å². The minimum atomic E-state index is 0.876. The van der Waals surface area contributed by atoms with E-state index in [0.29, 0.717) is 0 Å². The van der Waals surface area contributed by atoms with Crippen LogP contribution in [0, 0.1) is 0 Å². The fourth-order valence-electron chi connectivity index (χ4n) is 2.00. The third-order valence-electron chi connectivity index (χ3n) is 3.26. The molecule has 2 rings (SSSR count). The monoisotopic (exact) mass is 381 g/mol. The standard InChI is InChI=1S/C16H17Br2N/c1-3-12-4-7-14(8-5-12)19(2)16-9-6-13(11-17)10-15(16)18/h4-10H,3,11H2,1-2H3. The van der Waals surface area contributed by atoms with E-state index in [2.05, 4.69) is 93.2 Å². The first kappa shape index (κ1) is 14.6. The van der Waals surface area contributed by atoms with Gasteiger partial charge in [0.1, 0.15) is 0 Å². The summed E-state index contributed by atoms with van der Waals surface area (Å²) in [5.74, 6) is 0. The largest absolute Gasteiger partial charge is 0.344 e. The highest BCUT2D eigenvalue weighted by atomic mass is 79.9. The molecule has 19 heavy (non-hydrogen) atoms. The van der Waals surface area contributed by atoms with E-state index in [1.807, 2.05) is 0 Å². The maximum Gasteiger partial charge on any atom is 0.0552 e. The second kappa shape index (κ2) is 6.58. The summed E-state index contributed by atoms with van der Waals surface area (Å²) in [5, 5.41) is 0.876. The first-order chi connectivity index (χ1) is 9.15. The molecule has 100 valence electrons. The predicted octanol–water partition coefficient (Wildman–Crippen LogP) is 5.67. The van der Waals surface area contributed by atoms with Crippen molar-refractivity contribution in [3.8, 4) is 0 Å². The number of nitrogens with zero attached hydrogens (tertiary/aromatic N) is 1. The lowest BCUT2D eigenvalue weighted by Gasteiger charge is -2.21. The quantitative estimate of drug-likeness (QED) is 0.615. The number of alkyl halides is 1. The molecule has 0 amide bonds. The number of aryl methyl sites for hydroxylation is 1. The van der Waals surface area contributed by atoms with Gasteiger partial charge in [0, 0.05) is 22.5 Å². The minimum absolute atomic E-state index is 0.876. The van der Waals surface area contributed by atoms with Crippen LogP contribution >= 0.6 is 31.9 Å². The summed E-state index contributed by atoms with van der Waals surface area (Å²) in [5.41, 5.74) is 5.01. The fraction of sp³-hybridized carbons (Fsp3) is 0.250. The molecule has 3 heteroatoms. The molecule has 0 fully saturated rings. The van der Waals surface area contributed by atoms with Gasteiger partial charge in [0.25, 0.3) is 0 Å². The Morgan fingerprint density at radius 2 is 1.63 bits per heavy atom. The van der Waals surface area contributed by atoms with Gasteiger partial charge in [-0.3, -0.25) is 0 Å². The van der Waals surface area contributed by atoms with E-state index < -0.39 is 0 Å². The van der Waals surface area contributed by atoms with Crippen LogP contribution in [-0.2, 0) is 11.8 Å². The van der Waals surface area contributed by atoms with E-state index in [4.69, 9.17) is 0 Å². The van der Waals surface area contributed by atoms with E-state index in [1.54, 1.807) is 0 Å². The molecule has 2 aromatic carbocycles. The molecule has 2 aromatic rings. The SMILES string of the molecule is CCc1ccc(N(C)c2ccc(CBr)cc2Br)cc1. The van der Waals surface area contributed by atoms with Crippen LogP contribution < -0.4 is 4.90 Å². The Balaban J connectivity index is 2.29. The van der Waals surface area contributed by atoms with Crippen molar-refractivity contribution in [3.63, 3.8) is 0 Å². The summed E-state index contributed by atoms with van der Waals surface area (Å²) in [6.07, 6.45) is 1.08. The zero-order valence-electron chi connectivity index (χ0n) is 11.2. The van der Waals surface area contributed by atoms with Crippen LogP contribution in [0.4, 0.5) is 11.4 Å². The third kappa shape index (κ3) is 3.40. The average Bonchev–Trinajstić information content (AvgIpc) is 2.46. The molecule has 1 nitrogen and oxygen atoms in total. The minimum Gasteiger partial charge on any atom is -0.344 e. The van der Waals surface area contributed by atoms with Gasteiger partial charge in [-0.25, -0.2) is 0 Å². The zero-order chi connectivity index (χ0) is 13.8. The number of anilines is 2. The summed E-state index contributed by atoms with van der Waals surface area (Å²) >= 11 is 7.13. The van der Waals surface area contributed by atoms with Crippen molar-refractivity contribution in [2.75, 3.05) is 11.9 Å². The summed E-state index contributed by atoms with van der Waals surface area (Å²) in [6, 6.07) is 15.2. The summed E-state index contributed by atoms with van der Waals surface area (Å²) in [7, 11) is 2.09. The van der Waals surface area contributed by atoms with Gasteiger partial charge in [0.2, 0.25) is 0 Å². The van der Waals surface area contributed by atoms with Gasteiger partial charge in [0.05, 0.1) is 5.69 Å². The fourth-order valence-corrected chi connectivity index (χ4v) is 3.04. The molecule has 0 atom stereocenters.